The molecule has 5 nitrogen and oxygen atoms in total. The molecule has 1 amide bonds. The Morgan fingerprint density at radius 2 is 1.94 bits per heavy atom. The van der Waals surface area contributed by atoms with Crippen LogP contribution >= 0.6 is 47.1 Å². The van der Waals surface area contributed by atoms with Crippen LogP contribution in [0.5, 0.6) is 0 Å². The molecule has 0 atom stereocenters. The van der Waals surface area contributed by atoms with Gasteiger partial charge < -0.3 is 4.74 Å². The molecule has 9 heteroatoms. The van der Waals surface area contributed by atoms with Gasteiger partial charge in [-0.1, -0.05) is 40.6 Å². The van der Waals surface area contributed by atoms with Gasteiger partial charge in [0.05, 0.1) is 23.4 Å². The van der Waals surface area contributed by atoms with Crippen LogP contribution in [0.15, 0.2) is 41.3 Å². The number of thioether (sulfide) groups is 1. The van der Waals surface area contributed by atoms with Crippen LogP contribution in [0.2, 0.25) is 5.02 Å². The number of carbonyl (C=O) groups excluding carboxylic acids is 1. The van der Waals surface area contributed by atoms with Gasteiger partial charge >= 0.3 is 0 Å². The summed E-state index contributed by atoms with van der Waals surface area (Å²) < 4.78 is 6.49. The molecular weight excluding hydrogens is 509 g/mol. The Balaban J connectivity index is 0.00000324. The van der Waals surface area contributed by atoms with E-state index >= 15 is 0 Å². The molecule has 184 valence electrons. The summed E-state index contributed by atoms with van der Waals surface area (Å²) in [5.74, 6) is 1.05. The van der Waals surface area contributed by atoms with Crippen molar-refractivity contribution in [1.82, 2.24) is 9.88 Å². The first-order valence-corrected chi connectivity index (χ1v) is 13.5. The highest BCUT2D eigenvalue weighted by Crippen LogP contribution is 2.33. The molecule has 0 N–H and O–H groups in total. The van der Waals surface area contributed by atoms with Gasteiger partial charge in [0.25, 0.3) is 0 Å². The van der Waals surface area contributed by atoms with Crippen LogP contribution < -0.4 is 4.90 Å². The highest BCUT2D eigenvalue weighted by Gasteiger charge is 2.22. The number of aromatic nitrogens is 1. The van der Waals surface area contributed by atoms with E-state index in [2.05, 4.69) is 36.1 Å². The predicted octanol–water partition coefficient (Wildman–Crippen LogP) is 6.23. The fraction of sp³-hybridized carbons (Fsp3) is 0.440. The van der Waals surface area contributed by atoms with E-state index in [4.69, 9.17) is 21.3 Å². The third kappa shape index (κ3) is 7.33. The third-order valence-corrected chi connectivity index (χ3v) is 8.08. The molecule has 3 aromatic rings. The van der Waals surface area contributed by atoms with Crippen LogP contribution in [0.1, 0.15) is 24.0 Å². The van der Waals surface area contributed by atoms with Crippen molar-refractivity contribution in [3.05, 3.63) is 52.5 Å². The van der Waals surface area contributed by atoms with Crippen molar-refractivity contribution in [3.8, 4) is 0 Å². The van der Waals surface area contributed by atoms with Gasteiger partial charge in [-0.15, -0.1) is 24.2 Å². The van der Waals surface area contributed by atoms with E-state index in [9.17, 15) is 4.79 Å². The molecule has 1 aliphatic heterocycles. The Morgan fingerprint density at radius 3 is 2.68 bits per heavy atom. The maximum Gasteiger partial charge on any atom is 0.228 e. The molecule has 0 radical (unpaired) electrons. The van der Waals surface area contributed by atoms with Gasteiger partial charge in [-0.05, 0) is 55.9 Å². The number of carbonyl (C=O) groups is 1. The first-order chi connectivity index (χ1) is 16.0. The smallest absolute Gasteiger partial charge is 0.228 e. The highest BCUT2D eigenvalue weighted by molar-refractivity contribution is 7.99. The van der Waals surface area contributed by atoms with Gasteiger partial charge in [0.1, 0.15) is 0 Å². The molecule has 1 fully saturated rings. The van der Waals surface area contributed by atoms with Crippen molar-refractivity contribution >= 4 is 68.4 Å². The summed E-state index contributed by atoms with van der Waals surface area (Å²) >= 11 is 9.61. The molecule has 0 unspecified atom stereocenters. The predicted molar refractivity (Wildman–Crippen MR) is 147 cm³/mol. The number of hydrogen-bond donors (Lipinski definition) is 0. The largest absolute Gasteiger partial charge is 0.379 e. The number of thiazole rings is 1. The van der Waals surface area contributed by atoms with Crippen molar-refractivity contribution in [2.45, 2.75) is 31.6 Å². The SMILES string of the molecule is Cc1ccc(SCCCC(=O)N(CCN2CCOCC2)c2nc3c(C)cc(Cl)cc3s2)cc1.Cl. The number of halogens is 2. The Kier molecular flexibility index (Phi) is 10.5. The van der Waals surface area contributed by atoms with Gasteiger partial charge in [0, 0.05) is 42.5 Å². The monoisotopic (exact) mass is 539 g/mol. The van der Waals surface area contributed by atoms with E-state index in [1.54, 1.807) is 23.1 Å². The number of nitrogens with zero attached hydrogens (tertiary/aromatic N) is 3. The van der Waals surface area contributed by atoms with E-state index in [1.807, 2.05) is 24.0 Å². The highest BCUT2D eigenvalue weighted by atomic mass is 35.5. The Bertz CT molecular complexity index is 1090. The molecular formula is C25H31Cl2N3O2S2. The molecule has 1 aliphatic rings. The van der Waals surface area contributed by atoms with Gasteiger partial charge in [0.15, 0.2) is 5.13 Å². The normalized spacial score (nSPS) is 14.2. The number of rotatable bonds is 9. The molecule has 1 saturated heterocycles. The number of fused-ring (bicyclic) bond motifs is 1. The summed E-state index contributed by atoms with van der Waals surface area (Å²) in [5.41, 5.74) is 3.23. The molecule has 34 heavy (non-hydrogen) atoms. The maximum absolute atomic E-state index is 13.3. The molecule has 0 aliphatic carbocycles. The first-order valence-electron chi connectivity index (χ1n) is 11.4. The van der Waals surface area contributed by atoms with Gasteiger partial charge in [-0.2, -0.15) is 0 Å². The van der Waals surface area contributed by atoms with Crippen LogP contribution in [0, 0.1) is 13.8 Å². The zero-order chi connectivity index (χ0) is 23.2. The van der Waals surface area contributed by atoms with Crippen molar-refractivity contribution in [2.24, 2.45) is 0 Å². The summed E-state index contributed by atoms with van der Waals surface area (Å²) in [4.78, 5) is 23.6. The Morgan fingerprint density at radius 1 is 1.21 bits per heavy atom. The molecule has 2 aromatic carbocycles. The van der Waals surface area contributed by atoms with Crippen molar-refractivity contribution in [2.75, 3.05) is 50.0 Å². The van der Waals surface area contributed by atoms with E-state index in [0.717, 1.165) is 65.9 Å². The fourth-order valence-electron chi connectivity index (χ4n) is 3.83. The molecule has 0 spiro atoms. The molecule has 2 heterocycles. The molecule has 0 saturated carbocycles. The maximum atomic E-state index is 13.3. The van der Waals surface area contributed by atoms with Crippen molar-refractivity contribution < 1.29 is 9.53 Å². The molecule has 4 rings (SSSR count). The number of aryl methyl sites for hydroxylation is 2. The number of hydrogen-bond acceptors (Lipinski definition) is 6. The number of amides is 1. The zero-order valence-corrected chi connectivity index (χ0v) is 22.8. The van der Waals surface area contributed by atoms with Gasteiger partial charge in [-0.3, -0.25) is 14.6 Å². The van der Waals surface area contributed by atoms with Gasteiger partial charge in [0.2, 0.25) is 5.91 Å². The topological polar surface area (TPSA) is 45.7 Å². The number of anilines is 1. The van der Waals surface area contributed by atoms with Crippen molar-refractivity contribution in [3.63, 3.8) is 0 Å². The summed E-state index contributed by atoms with van der Waals surface area (Å²) in [7, 11) is 0. The van der Waals surface area contributed by atoms with Crippen molar-refractivity contribution in [1.29, 1.82) is 0 Å². The minimum Gasteiger partial charge on any atom is -0.379 e. The third-order valence-electron chi connectivity index (χ3n) is 5.74. The first kappa shape index (κ1) is 27.2. The Hall–Kier alpha value is -1.35. The van der Waals surface area contributed by atoms with Crippen LogP contribution in [0.3, 0.4) is 0 Å². The lowest BCUT2D eigenvalue weighted by molar-refractivity contribution is -0.118. The summed E-state index contributed by atoms with van der Waals surface area (Å²) in [5, 5.41) is 1.47. The minimum absolute atomic E-state index is 0. The van der Waals surface area contributed by atoms with Crippen LogP contribution in [-0.2, 0) is 9.53 Å². The second-order valence-corrected chi connectivity index (χ2v) is 10.9. The second kappa shape index (κ2) is 13.1. The van der Waals surface area contributed by atoms with E-state index in [0.29, 0.717) is 18.0 Å². The Labute approximate surface area is 221 Å². The number of ether oxygens (including phenoxy) is 1. The van der Waals surface area contributed by atoms with E-state index in [-0.39, 0.29) is 18.3 Å². The van der Waals surface area contributed by atoms with E-state index < -0.39 is 0 Å². The van der Waals surface area contributed by atoms with E-state index in [1.165, 1.54) is 10.5 Å². The number of morpholine rings is 1. The summed E-state index contributed by atoms with van der Waals surface area (Å²) in [6.07, 6.45) is 1.35. The lowest BCUT2D eigenvalue weighted by Crippen LogP contribution is -2.43. The average molecular weight is 541 g/mol. The zero-order valence-electron chi connectivity index (χ0n) is 19.6. The second-order valence-electron chi connectivity index (χ2n) is 8.33. The standard InChI is InChI=1S/C25H30ClN3O2S2.ClH/c1-18-5-7-21(8-6-18)32-15-3-4-23(30)29(10-9-28-11-13-31-14-12-28)25-27-24-19(2)16-20(26)17-22(24)33-25;/h5-8,16-17H,3-4,9-15H2,1-2H3;1H. The van der Waals surface area contributed by atoms with Crippen LogP contribution in [0.4, 0.5) is 5.13 Å². The summed E-state index contributed by atoms with van der Waals surface area (Å²) in [6, 6.07) is 12.4. The lowest BCUT2D eigenvalue weighted by atomic mass is 10.2. The number of benzene rings is 2. The molecule has 0 bridgehead atoms. The molecule has 1 aromatic heterocycles. The minimum atomic E-state index is 0. The van der Waals surface area contributed by atoms with Crippen LogP contribution in [0.25, 0.3) is 10.2 Å². The van der Waals surface area contributed by atoms with Gasteiger partial charge in [-0.25, -0.2) is 4.98 Å². The quantitative estimate of drug-likeness (QED) is 0.238. The lowest BCUT2D eigenvalue weighted by Gasteiger charge is -2.29. The average Bonchev–Trinajstić information content (AvgIpc) is 3.23. The summed E-state index contributed by atoms with van der Waals surface area (Å²) in [6.45, 7) is 8.88. The fourth-order valence-corrected chi connectivity index (χ4v) is 6.15. The van der Waals surface area contributed by atoms with Crippen LogP contribution in [-0.4, -0.2) is 60.9 Å².